The third-order valence-corrected chi connectivity index (χ3v) is 3.31. The summed E-state index contributed by atoms with van der Waals surface area (Å²) in [6.07, 6.45) is 0. The molecule has 0 aliphatic rings. The van der Waals surface area contributed by atoms with Gasteiger partial charge in [-0.2, -0.15) is 0 Å². The van der Waals surface area contributed by atoms with E-state index in [1.165, 1.54) is 11.8 Å². The van der Waals surface area contributed by atoms with Crippen molar-refractivity contribution in [1.82, 2.24) is 5.32 Å². The van der Waals surface area contributed by atoms with Crippen molar-refractivity contribution in [2.24, 2.45) is 0 Å². The highest BCUT2D eigenvalue weighted by atomic mass is 35.5. The monoisotopic (exact) mass is 273 g/mol. The molecule has 1 atom stereocenters. The maximum absolute atomic E-state index is 11.4. The van der Waals surface area contributed by atoms with Crippen LogP contribution in [0.2, 0.25) is 5.02 Å². The van der Waals surface area contributed by atoms with Gasteiger partial charge in [-0.05, 0) is 24.6 Å². The zero-order valence-electron chi connectivity index (χ0n) is 9.65. The van der Waals surface area contributed by atoms with Crippen molar-refractivity contribution in [1.29, 1.82) is 0 Å². The number of halogens is 1. The first kappa shape index (κ1) is 14.4. The SMILES string of the molecule is C[C@@H](CO)NC(=O)CSCc1cccc(Cl)c1. The molecule has 1 aromatic carbocycles. The molecule has 0 radical (unpaired) electrons. The van der Waals surface area contributed by atoms with Crippen LogP contribution in [0.1, 0.15) is 12.5 Å². The van der Waals surface area contributed by atoms with Crippen molar-refractivity contribution in [2.75, 3.05) is 12.4 Å². The summed E-state index contributed by atoms with van der Waals surface area (Å²) in [6.45, 7) is 1.73. The molecule has 0 aliphatic heterocycles. The second-order valence-electron chi connectivity index (χ2n) is 3.77. The van der Waals surface area contributed by atoms with Gasteiger partial charge in [-0.1, -0.05) is 23.7 Å². The summed E-state index contributed by atoms with van der Waals surface area (Å²) in [4.78, 5) is 11.4. The number of rotatable bonds is 6. The molecule has 0 saturated heterocycles. The van der Waals surface area contributed by atoms with Gasteiger partial charge in [-0.15, -0.1) is 11.8 Å². The minimum atomic E-state index is -0.186. The first-order chi connectivity index (χ1) is 8.11. The van der Waals surface area contributed by atoms with Gasteiger partial charge in [0.1, 0.15) is 0 Å². The van der Waals surface area contributed by atoms with Crippen LogP contribution in [-0.2, 0) is 10.5 Å². The normalized spacial score (nSPS) is 12.2. The maximum atomic E-state index is 11.4. The topological polar surface area (TPSA) is 49.3 Å². The molecule has 3 nitrogen and oxygen atoms in total. The van der Waals surface area contributed by atoms with Gasteiger partial charge in [-0.25, -0.2) is 0 Å². The van der Waals surface area contributed by atoms with Gasteiger partial charge in [0.15, 0.2) is 0 Å². The predicted octanol–water partition coefficient (Wildman–Crippen LogP) is 2.07. The molecule has 1 amide bonds. The second kappa shape index (κ2) is 7.58. The first-order valence-electron chi connectivity index (χ1n) is 5.34. The molecule has 0 spiro atoms. The van der Waals surface area contributed by atoms with E-state index in [1.807, 2.05) is 24.3 Å². The quantitative estimate of drug-likeness (QED) is 0.834. The Kier molecular flexibility index (Phi) is 6.40. The molecule has 0 aliphatic carbocycles. The lowest BCUT2D eigenvalue weighted by atomic mass is 10.2. The third-order valence-electron chi connectivity index (χ3n) is 2.07. The summed E-state index contributed by atoms with van der Waals surface area (Å²) < 4.78 is 0. The Bertz CT molecular complexity index is 373. The third kappa shape index (κ3) is 5.96. The summed E-state index contributed by atoms with van der Waals surface area (Å²) in [5.41, 5.74) is 1.10. The van der Waals surface area contributed by atoms with Crippen molar-refractivity contribution in [2.45, 2.75) is 18.7 Å². The van der Waals surface area contributed by atoms with Gasteiger partial charge in [0.25, 0.3) is 0 Å². The molecule has 2 N–H and O–H groups in total. The lowest BCUT2D eigenvalue weighted by Crippen LogP contribution is -2.36. The largest absolute Gasteiger partial charge is 0.394 e. The van der Waals surface area contributed by atoms with Crippen molar-refractivity contribution >= 4 is 29.3 Å². The first-order valence-corrected chi connectivity index (χ1v) is 6.87. The molecule has 0 unspecified atom stereocenters. The molecular formula is C12H16ClNO2S. The fourth-order valence-corrected chi connectivity index (χ4v) is 2.25. The number of hydrogen-bond donors (Lipinski definition) is 2. The second-order valence-corrected chi connectivity index (χ2v) is 5.20. The molecule has 5 heteroatoms. The molecule has 0 bridgehead atoms. The number of nitrogens with one attached hydrogen (secondary N) is 1. The molecule has 0 fully saturated rings. The molecule has 17 heavy (non-hydrogen) atoms. The Morgan fingerprint density at radius 3 is 3.00 bits per heavy atom. The molecule has 0 saturated carbocycles. The van der Waals surface area contributed by atoms with Crippen LogP contribution in [-0.4, -0.2) is 29.4 Å². The lowest BCUT2D eigenvalue weighted by Gasteiger charge is -2.10. The Hall–Kier alpha value is -0.710. The number of thioether (sulfide) groups is 1. The Morgan fingerprint density at radius 2 is 2.35 bits per heavy atom. The molecule has 1 aromatic rings. The standard InChI is InChI=1S/C12H16ClNO2S/c1-9(6-15)14-12(16)8-17-7-10-3-2-4-11(13)5-10/h2-5,9,15H,6-8H2,1H3,(H,14,16)/t9-/m0/s1. The lowest BCUT2D eigenvalue weighted by molar-refractivity contribution is -0.119. The van der Waals surface area contributed by atoms with E-state index in [-0.39, 0.29) is 18.6 Å². The van der Waals surface area contributed by atoms with Gasteiger partial charge >= 0.3 is 0 Å². The fraction of sp³-hybridized carbons (Fsp3) is 0.417. The van der Waals surface area contributed by atoms with E-state index in [0.29, 0.717) is 10.8 Å². The summed E-state index contributed by atoms with van der Waals surface area (Å²) in [5, 5.41) is 12.2. The number of carbonyl (C=O) groups excluding carboxylic acids is 1. The average Bonchev–Trinajstić information content (AvgIpc) is 2.29. The zero-order valence-corrected chi connectivity index (χ0v) is 11.2. The summed E-state index contributed by atoms with van der Waals surface area (Å²) in [7, 11) is 0. The number of amides is 1. The molecule has 0 aromatic heterocycles. The van der Waals surface area contributed by atoms with Gasteiger partial charge in [0.2, 0.25) is 5.91 Å². The van der Waals surface area contributed by atoms with Crippen molar-refractivity contribution in [3.05, 3.63) is 34.9 Å². The average molecular weight is 274 g/mol. The van der Waals surface area contributed by atoms with E-state index in [1.54, 1.807) is 6.92 Å². The van der Waals surface area contributed by atoms with Crippen molar-refractivity contribution in [3.63, 3.8) is 0 Å². The molecular weight excluding hydrogens is 258 g/mol. The van der Waals surface area contributed by atoms with Crippen LogP contribution < -0.4 is 5.32 Å². The van der Waals surface area contributed by atoms with Gasteiger partial charge in [0, 0.05) is 16.8 Å². The highest BCUT2D eigenvalue weighted by Crippen LogP contribution is 2.16. The fourth-order valence-electron chi connectivity index (χ4n) is 1.25. The van der Waals surface area contributed by atoms with Crippen LogP contribution in [0.25, 0.3) is 0 Å². The summed E-state index contributed by atoms with van der Waals surface area (Å²) in [5.74, 6) is 1.08. The van der Waals surface area contributed by atoms with Gasteiger partial charge < -0.3 is 10.4 Å². The number of benzene rings is 1. The Balaban J connectivity index is 2.26. The van der Waals surface area contributed by atoms with E-state index in [0.717, 1.165) is 11.3 Å². The van der Waals surface area contributed by atoms with E-state index < -0.39 is 0 Å². The van der Waals surface area contributed by atoms with E-state index in [2.05, 4.69) is 5.32 Å². The zero-order chi connectivity index (χ0) is 12.7. The number of carbonyl (C=O) groups is 1. The minimum absolute atomic E-state index is 0.0370. The summed E-state index contributed by atoms with van der Waals surface area (Å²) >= 11 is 7.38. The molecule has 0 heterocycles. The Morgan fingerprint density at radius 1 is 1.59 bits per heavy atom. The molecule has 94 valence electrons. The van der Waals surface area contributed by atoms with Crippen molar-refractivity contribution < 1.29 is 9.90 Å². The van der Waals surface area contributed by atoms with Crippen LogP contribution in [0.3, 0.4) is 0 Å². The molecule has 1 rings (SSSR count). The maximum Gasteiger partial charge on any atom is 0.230 e. The van der Waals surface area contributed by atoms with Gasteiger partial charge in [0.05, 0.1) is 12.4 Å². The Labute approximate surface area is 111 Å². The van der Waals surface area contributed by atoms with Crippen molar-refractivity contribution in [3.8, 4) is 0 Å². The van der Waals surface area contributed by atoms with Crippen LogP contribution >= 0.6 is 23.4 Å². The van der Waals surface area contributed by atoms with Crippen LogP contribution in [0, 0.1) is 0 Å². The van der Waals surface area contributed by atoms with Gasteiger partial charge in [-0.3, -0.25) is 4.79 Å². The van der Waals surface area contributed by atoms with E-state index >= 15 is 0 Å². The van der Waals surface area contributed by atoms with Crippen LogP contribution in [0.5, 0.6) is 0 Å². The predicted molar refractivity (Wildman–Crippen MR) is 72.3 cm³/mol. The smallest absolute Gasteiger partial charge is 0.230 e. The van der Waals surface area contributed by atoms with Crippen LogP contribution in [0.4, 0.5) is 0 Å². The number of aliphatic hydroxyl groups excluding tert-OH is 1. The highest BCUT2D eigenvalue weighted by Gasteiger charge is 2.06. The van der Waals surface area contributed by atoms with E-state index in [4.69, 9.17) is 16.7 Å². The minimum Gasteiger partial charge on any atom is -0.394 e. The van der Waals surface area contributed by atoms with E-state index in [9.17, 15) is 4.79 Å². The number of hydrogen-bond acceptors (Lipinski definition) is 3. The highest BCUT2D eigenvalue weighted by molar-refractivity contribution is 7.99. The number of aliphatic hydroxyl groups is 1. The van der Waals surface area contributed by atoms with Crippen LogP contribution in [0.15, 0.2) is 24.3 Å². The summed E-state index contributed by atoms with van der Waals surface area (Å²) in [6, 6.07) is 7.40.